The largest absolute Gasteiger partial charge is 0.466 e. The van der Waals surface area contributed by atoms with Crippen LogP contribution in [0.5, 0.6) is 0 Å². The third kappa shape index (κ3) is 5.86. The lowest BCUT2D eigenvalue weighted by Crippen LogP contribution is -2.14. The molecule has 3 aromatic rings. The Kier molecular flexibility index (Phi) is 7.90. The molecular formula is C28H26N2O4S. The standard InChI is InChI=1S/C28H26N2O4S/c1-6-22(20(3)18-21(4)28(31)34-5)14-15-23-10-7-8-12-25(23)30-35(32,33)26-13-9-11-24-19(2)16-17-29-27(24)26/h6-13,16-18,30H,1H2,2-5H3/b21-18+,22-20+. The van der Waals surface area contributed by atoms with Crippen LogP contribution in [0.2, 0.25) is 0 Å². The van der Waals surface area contributed by atoms with Gasteiger partial charge in [-0.05, 0) is 62.2 Å². The van der Waals surface area contributed by atoms with Crippen LogP contribution < -0.4 is 4.72 Å². The number of carbonyl (C=O) groups is 1. The highest BCUT2D eigenvalue weighted by molar-refractivity contribution is 7.93. The summed E-state index contributed by atoms with van der Waals surface area (Å²) in [5.74, 6) is 5.60. The van der Waals surface area contributed by atoms with Crippen LogP contribution in [0, 0.1) is 18.8 Å². The molecule has 1 heterocycles. The van der Waals surface area contributed by atoms with Crippen molar-refractivity contribution in [2.75, 3.05) is 11.8 Å². The zero-order valence-corrected chi connectivity index (χ0v) is 20.9. The minimum atomic E-state index is -3.94. The number of para-hydroxylation sites is 2. The number of allylic oxidation sites excluding steroid dienone is 4. The molecule has 0 aliphatic carbocycles. The summed E-state index contributed by atoms with van der Waals surface area (Å²) < 4.78 is 34.0. The Hall–Kier alpha value is -4.15. The normalized spacial score (nSPS) is 12.3. The Bertz CT molecular complexity index is 1540. The third-order valence-corrected chi connectivity index (χ3v) is 6.71. The van der Waals surface area contributed by atoms with Gasteiger partial charge in [0.1, 0.15) is 4.90 Å². The van der Waals surface area contributed by atoms with E-state index in [1.807, 2.05) is 26.0 Å². The van der Waals surface area contributed by atoms with Gasteiger partial charge in [0, 0.05) is 28.3 Å². The number of sulfonamides is 1. The van der Waals surface area contributed by atoms with Gasteiger partial charge in [-0.25, -0.2) is 13.2 Å². The number of nitrogens with zero attached hydrogens (tertiary/aromatic N) is 1. The van der Waals surface area contributed by atoms with Gasteiger partial charge in [0.2, 0.25) is 0 Å². The molecule has 0 aliphatic heterocycles. The van der Waals surface area contributed by atoms with E-state index in [1.54, 1.807) is 55.6 Å². The highest BCUT2D eigenvalue weighted by Crippen LogP contribution is 2.26. The second-order valence-corrected chi connectivity index (χ2v) is 9.45. The second kappa shape index (κ2) is 10.9. The average Bonchev–Trinajstić information content (AvgIpc) is 2.84. The molecule has 0 amide bonds. The second-order valence-electron chi connectivity index (χ2n) is 7.80. The lowest BCUT2D eigenvalue weighted by molar-refractivity contribution is -0.136. The summed E-state index contributed by atoms with van der Waals surface area (Å²) in [6.07, 6.45) is 4.85. The molecule has 0 fully saturated rings. The molecule has 6 nitrogen and oxygen atoms in total. The van der Waals surface area contributed by atoms with Crippen molar-refractivity contribution in [3.63, 3.8) is 0 Å². The van der Waals surface area contributed by atoms with Gasteiger partial charge < -0.3 is 4.74 Å². The summed E-state index contributed by atoms with van der Waals surface area (Å²) in [6.45, 7) is 9.17. The van der Waals surface area contributed by atoms with Gasteiger partial charge in [0.05, 0.1) is 18.3 Å². The molecule has 3 rings (SSSR count). The van der Waals surface area contributed by atoms with Crippen molar-refractivity contribution in [2.45, 2.75) is 25.7 Å². The predicted octanol–water partition coefficient (Wildman–Crippen LogP) is 5.32. The molecule has 178 valence electrons. The first kappa shape index (κ1) is 25.5. The lowest BCUT2D eigenvalue weighted by Gasteiger charge is -2.12. The molecule has 0 bridgehead atoms. The number of anilines is 1. The number of rotatable bonds is 6. The van der Waals surface area contributed by atoms with Crippen molar-refractivity contribution in [2.24, 2.45) is 0 Å². The Morgan fingerprint density at radius 3 is 2.57 bits per heavy atom. The molecule has 0 atom stereocenters. The van der Waals surface area contributed by atoms with E-state index in [0.717, 1.165) is 16.5 Å². The van der Waals surface area contributed by atoms with Gasteiger partial charge >= 0.3 is 5.97 Å². The number of benzene rings is 2. The Morgan fingerprint density at radius 2 is 1.86 bits per heavy atom. The number of hydrogen-bond donors (Lipinski definition) is 1. The molecule has 0 radical (unpaired) electrons. The topological polar surface area (TPSA) is 85.4 Å². The molecule has 0 aliphatic rings. The molecular weight excluding hydrogens is 460 g/mol. The maximum atomic E-state index is 13.3. The van der Waals surface area contributed by atoms with Gasteiger partial charge in [-0.15, -0.1) is 0 Å². The fourth-order valence-corrected chi connectivity index (χ4v) is 4.70. The summed E-state index contributed by atoms with van der Waals surface area (Å²) >= 11 is 0. The minimum absolute atomic E-state index is 0.0902. The van der Waals surface area contributed by atoms with Crippen LogP contribution in [0.15, 0.2) is 95.1 Å². The van der Waals surface area contributed by atoms with Crippen molar-refractivity contribution in [1.29, 1.82) is 0 Å². The molecule has 0 unspecified atom stereocenters. The average molecular weight is 487 g/mol. The van der Waals surface area contributed by atoms with Crippen molar-refractivity contribution in [1.82, 2.24) is 4.98 Å². The molecule has 0 saturated carbocycles. The van der Waals surface area contributed by atoms with E-state index < -0.39 is 16.0 Å². The number of fused-ring (bicyclic) bond motifs is 1. The van der Waals surface area contributed by atoms with Crippen LogP contribution in [0.3, 0.4) is 0 Å². The van der Waals surface area contributed by atoms with Crippen LogP contribution in [0.1, 0.15) is 25.0 Å². The number of hydrogen-bond acceptors (Lipinski definition) is 5. The quantitative estimate of drug-likeness (QED) is 0.221. The number of carbonyl (C=O) groups excluding carboxylic acids is 1. The molecule has 0 spiro atoms. The van der Waals surface area contributed by atoms with Gasteiger partial charge in [-0.2, -0.15) is 0 Å². The van der Waals surface area contributed by atoms with Crippen molar-refractivity contribution >= 4 is 32.6 Å². The van der Waals surface area contributed by atoms with Crippen LogP contribution in [-0.2, 0) is 19.6 Å². The number of aryl methyl sites for hydroxylation is 1. The van der Waals surface area contributed by atoms with E-state index in [1.165, 1.54) is 13.2 Å². The van der Waals surface area contributed by atoms with Crippen LogP contribution in [-0.4, -0.2) is 26.5 Å². The fourth-order valence-electron chi connectivity index (χ4n) is 3.45. The van der Waals surface area contributed by atoms with E-state index in [4.69, 9.17) is 4.74 Å². The van der Waals surface area contributed by atoms with E-state index in [0.29, 0.717) is 27.9 Å². The first-order valence-corrected chi connectivity index (χ1v) is 12.2. The van der Waals surface area contributed by atoms with Crippen LogP contribution in [0.25, 0.3) is 10.9 Å². The number of nitrogens with one attached hydrogen (secondary N) is 1. The Labute approximate surface area is 206 Å². The SMILES string of the molecule is C=C/C(C#Cc1ccccc1NS(=O)(=O)c1cccc2c(C)ccnc12)=C(C)\C=C(/C)C(=O)OC. The maximum Gasteiger partial charge on any atom is 0.333 e. The summed E-state index contributed by atoms with van der Waals surface area (Å²) in [5.41, 5.74) is 3.93. The molecule has 0 saturated heterocycles. The summed E-state index contributed by atoms with van der Waals surface area (Å²) in [6, 6.07) is 13.8. The van der Waals surface area contributed by atoms with Crippen LogP contribution >= 0.6 is 0 Å². The predicted molar refractivity (Wildman–Crippen MR) is 139 cm³/mol. The molecule has 35 heavy (non-hydrogen) atoms. The van der Waals surface area contributed by atoms with E-state index >= 15 is 0 Å². The zero-order chi connectivity index (χ0) is 25.6. The van der Waals surface area contributed by atoms with Gasteiger partial charge in [-0.1, -0.05) is 48.8 Å². The zero-order valence-electron chi connectivity index (χ0n) is 20.0. The van der Waals surface area contributed by atoms with E-state index in [-0.39, 0.29) is 4.90 Å². The summed E-state index contributed by atoms with van der Waals surface area (Å²) in [4.78, 5) is 16.1. The molecule has 1 N–H and O–H groups in total. The van der Waals surface area contributed by atoms with E-state index in [9.17, 15) is 13.2 Å². The van der Waals surface area contributed by atoms with Crippen molar-refractivity contribution < 1.29 is 17.9 Å². The van der Waals surface area contributed by atoms with Crippen molar-refractivity contribution in [3.05, 3.63) is 101 Å². The minimum Gasteiger partial charge on any atom is -0.466 e. The molecule has 1 aromatic heterocycles. The first-order valence-electron chi connectivity index (χ1n) is 10.8. The monoisotopic (exact) mass is 486 g/mol. The summed E-state index contributed by atoms with van der Waals surface area (Å²) in [7, 11) is -2.62. The number of aromatic nitrogens is 1. The number of pyridine rings is 1. The van der Waals surface area contributed by atoms with Gasteiger partial charge in [-0.3, -0.25) is 9.71 Å². The highest BCUT2D eigenvalue weighted by atomic mass is 32.2. The van der Waals surface area contributed by atoms with Crippen molar-refractivity contribution in [3.8, 4) is 11.8 Å². The van der Waals surface area contributed by atoms with E-state index in [2.05, 4.69) is 28.1 Å². The Balaban J connectivity index is 2.01. The lowest BCUT2D eigenvalue weighted by atomic mass is 10.1. The number of esters is 1. The fraction of sp³-hybridized carbons (Fsp3) is 0.143. The highest BCUT2D eigenvalue weighted by Gasteiger charge is 2.20. The first-order chi connectivity index (χ1) is 16.7. The Morgan fingerprint density at radius 1 is 1.11 bits per heavy atom. The number of methoxy groups -OCH3 is 1. The summed E-state index contributed by atoms with van der Waals surface area (Å²) in [5, 5.41) is 0.773. The van der Waals surface area contributed by atoms with Crippen LogP contribution in [0.4, 0.5) is 5.69 Å². The third-order valence-electron chi connectivity index (χ3n) is 5.31. The van der Waals surface area contributed by atoms with Gasteiger partial charge in [0.25, 0.3) is 10.0 Å². The van der Waals surface area contributed by atoms with Gasteiger partial charge in [0.15, 0.2) is 0 Å². The molecule has 2 aromatic carbocycles. The maximum absolute atomic E-state index is 13.3. The number of ether oxygens (including phenoxy) is 1. The molecule has 7 heteroatoms. The smallest absolute Gasteiger partial charge is 0.333 e.